The number of nitrogens with zero attached hydrogens (tertiary/aromatic N) is 3. The van der Waals surface area contributed by atoms with Crippen molar-refractivity contribution in [3.05, 3.63) is 53.1 Å². The normalized spacial score (nSPS) is 21.6. The fraction of sp³-hybridized carbons (Fsp3) is 0.455. The minimum absolute atomic E-state index is 0.126. The SMILES string of the molecule is CC(C)(C)OC(=O)N1CCC2=Cc3c(cnn3-c3ccc(F)cc3)C[C@]2(C)C1. The van der Waals surface area contributed by atoms with Crippen LogP contribution in [0.4, 0.5) is 9.18 Å². The Morgan fingerprint density at radius 3 is 2.64 bits per heavy atom. The first-order chi connectivity index (χ1) is 13.1. The summed E-state index contributed by atoms with van der Waals surface area (Å²) in [5.41, 5.74) is 3.73. The van der Waals surface area contributed by atoms with Gasteiger partial charge in [0.2, 0.25) is 0 Å². The maximum atomic E-state index is 13.3. The van der Waals surface area contributed by atoms with Gasteiger partial charge >= 0.3 is 6.09 Å². The molecule has 1 aliphatic carbocycles. The fourth-order valence-corrected chi connectivity index (χ4v) is 4.11. The lowest BCUT2D eigenvalue weighted by molar-refractivity contribution is 0.0143. The van der Waals surface area contributed by atoms with E-state index in [9.17, 15) is 9.18 Å². The molecule has 1 amide bonds. The molecule has 1 aromatic heterocycles. The summed E-state index contributed by atoms with van der Waals surface area (Å²) in [5.74, 6) is -0.259. The molecule has 0 spiro atoms. The van der Waals surface area contributed by atoms with E-state index in [1.807, 2.05) is 36.5 Å². The first-order valence-electron chi connectivity index (χ1n) is 9.66. The van der Waals surface area contributed by atoms with Crippen LogP contribution in [0.15, 0.2) is 36.0 Å². The number of halogens is 1. The molecule has 2 heterocycles. The maximum Gasteiger partial charge on any atom is 0.410 e. The molecule has 4 rings (SSSR count). The van der Waals surface area contributed by atoms with E-state index < -0.39 is 5.60 Å². The molecule has 1 aromatic carbocycles. The van der Waals surface area contributed by atoms with Crippen molar-refractivity contribution in [1.29, 1.82) is 0 Å². The first-order valence-corrected chi connectivity index (χ1v) is 9.66. The molecule has 0 bridgehead atoms. The van der Waals surface area contributed by atoms with Crippen LogP contribution in [0.1, 0.15) is 45.4 Å². The average molecular weight is 383 g/mol. The van der Waals surface area contributed by atoms with Crippen molar-refractivity contribution in [3.63, 3.8) is 0 Å². The predicted molar refractivity (Wildman–Crippen MR) is 106 cm³/mol. The Bertz CT molecular complexity index is 940. The molecular weight excluding hydrogens is 357 g/mol. The molecule has 0 saturated carbocycles. The molecule has 1 saturated heterocycles. The van der Waals surface area contributed by atoms with Crippen molar-refractivity contribution < 1.29 is 13.9 Å². The van der Waals surface area contributed by atoms with Crippen LogP contribution in [0.5, 0.6) is 0 Å². The Morgan fingerprint density at radius 2 is 1.96 bits per heavy atom. The van der Waals surface area contributed by atoms with E-state index in [-0.39, 0.29) is 17.3 Å². The van der Waals surface area contributed by atoms with Crippen LogP contribution in [0.3, 0.4) is 0 Å². The topological polar surface area (TPSA) is 47.4 Å². The summed E-state index contributed by atoms with van der Waals surface area (Å²) in [6, 6.07) is 6.37. The van der Waals surface area contributed by atoms with Gasteiger partial charge in [-0.2, -0.15) is 5.10 Å². The quantitative estimate of drug-likeness (QED) is 0.723. The molecule has 2 aromatic rings. The molecular formula is C22H26FN3O2. The number of benzene rings is 1. The monoisotopic (exact) mass is 383 g/mol. The number of ether oxygens (including phenoxy) is 1. The van der Waals surface area contributed by atoms with Gasteiger partial charge in [-0.15, -0.1) is 0 Å². The van der Waals surface area contributed by atoms with Gasteiger partial charge in [-0.3, -0.25) is 0 Å². The van der Waals surface area contributed by atoms with E-state index in [4.69, 9.17) is 4.74 Å². The van der Waals surface area contributed by atoms with Crippen molar-refractivity contribution in [2.75, 3.05) is 13.1 Å². The third-order valence-electron chi connectivity index (χ3n) is 5.47. The molecule has 2 aliphatic rings. The standard InChI is InChI=1S/C22H26FN3O2/c1-21(2,3)28-20(27)25-10-9-16-11-19-15(12-22(16,4)14-25)13-24-26(19)18-7-5-17(23)6-8-18/h5-8,11,13H,9-10,12,14H2,1-4H3/t22-/m1/s1. The third-order valence-corrected chi connectivity index (χ3v) is 5.47. The highest BCUT2D eigenvalue weighted by atomic mass is 19.1. The second kappa shape index (κ2) is 6.47. The number of hydrogen-bond donors (Lipinski definition) is 0. The molecule has 5 nitrogen and oxygen atoms in total. The number of carbonyl (C=O) groups excluding carboxylic acids is 1. The van der Waals surface area contributed by atoms with Gasteiger partial charge in [-0.25, -0.2) is 13.9 Å². The lowest BCUT2D eigenvalue weighted by atomic mass is 9.70. The summed E-state index contributed by atoms with van der Waals surface area (Å²) in [6.45, 7) is 9.15. The average Bonchev–Trinajstić information content (AvgIpc) is 3.00. The van der Waals surface area contributed by atoms with Crippen molar-refractivity contribution in [1.82, 2.24) is 14.7 Å². The van der Waals surface area contributed by atoms with Gasteiger partial charge in [0.15, 0.2) is 0 Å². The number of fused-ring (bicyclic) bond motifs is 2. The molecule has 28 heavy (non-hydrogen) atoms. The molecule has 0 N–H and O–H groups in total. The van der Waals surface area contributed by atoms with E-state index in [1.54, 1.807) is 12.1 Å². The van der Waals surface area contributed by atoms with E-state index in [1.165, 1.54) is 17.7 Å². The van der Waals surface area contributed by atoms with Crippen molar-refractivity contribution in [2.45, 2.75) is 46.1 Å². The van der Waals surface area contributed by atoms with Crippen LogP contribution < -0.4 is 0 Å². The van der Waals surface area contributed by atoms with Crippen molar-refractivity contribution in [2.24, 2.45) is 5.41 Å². The van der Waals surface area contributed by atoms with E-state index >= 15 is 0 Å². The largest absolute Gasteiger partial charge is 0.444 e. The van der Waals surface area contributed by atoms with E-state index in [0.717, 1.165) is 29.8 Å². The van der Waals surface area contributed by atoms with Crippen LogP contribution in [0.2, 0.25) is 0 Å². The lowest BCUT2D eigenvalue weighted by Gasteiger charge is -2.44. The van der Waals surface area contributed by atoms with Gasteiger partial charge in [0, 0.05) is 18.5 Å². The summed E-state index contributed by atoms with van der Waals surface area (Å²) in [6.07, 6.45) is 5.45. The van der Waals surface area contributed by atoms with Crippen LogP contribution in [0.25, 0.3) is 11.8 Å². The summed E-state index contributed by atoms with van der Waals surface area (Å²) in [7, 11) is 0. The molecule has 1 atom stereocenters. The minimum atomic E-state index is -0.496. The number of piperidine rings is 1. The van der Waals surface area contributed by atoms with Gasteiger partial charge in [-0.05, 0) is 69.5 Å². The van der Waals surface area contributed by atoms with Crippen molar-refractivity contribution in [3.8, 4) is 5.69 Å². The van der Waals surface area contributed by atoms with Crippen molar-refractivity contribution >= 4 is 12.2 Å². The third kappa shape index (κ3) is 3.43. The molecule has 0 unspecified atom stereocenters. The van der Waals surface area contributed by atoms with Crippen LogP contribution >= 0.6 is 0 Å². The minimum Gasteiger partial charge on any atom is -0.444 e. The van der Waals surface area contributed by atoms with Crippen LogP contribution in [-0.2, 0) is 11.2 Å². The van der Waals surface area contributed by atoms with Gasteiger partial charge in [0.25, 0.3) is 0 Å². The zero-order valence-electron chi connectivity index (χ0n) is 16.8. The van der Waals surface area contributed by atoms with Crippen LogP contribution in [-0.4, -0.2) is 39.5 Å². The molecule has 148 valence electrons. The Kier molecular flexibility index (Phi) is 4.32. The van der Waals surface area contributed by atoms with Gasteiger partial charge < -0.3 is 9.64 Å². The molecule has 0 radical (unpaired) electrons. The Morgan fingerprint density at radius 1 is 1.25 bits per heavy atom. The van der Waals surface area contributed by atoms with Gasteiger partial charge in [-0.1, -0.05) is 12.5 Å². The summed E-state index contributed by atoms with van der Waals surface area (Å²) in [4.78, 5) is 14.3. The van der Waals surface area contributed by atoms with Gasteiger partial charge in [0.1, 0.15) is 11.4 Å². The molecule has 6 heteroatoms. The highest BCUT2D eigenvalue weighted by Gasteiger charge is 2.41. The zero-order valence-corrected chi connectivity index (χ0v) is 16.8. The molecule has 1 fully saturated rings. The number of amides is 1. The lowest BCUT2D eigenvalue weighted by Crippen LogP contribution is -2.49. The predicted octanol–water partition coefficient (Wildman–Crippen LogP) is 4.60. The van der Waals surface area contributed by atoms with Gasteiger partial charge in [0.05, 0.1) is 17.6 Å². The summed E-state index contributed by atoms with van der Waals surface area (Å²) >= 11 is 0. The number of likely N-dealkylation sites (tertiary alicyclic amines) is 1. The highest BCUT2D eigenvalue weighted by molar-refractivity contribution is 5.70. The Labute approximate surface area is 164 Å². The number of aromatic nitrogens is 2. The Hall–Kier alpha value is -2.63. The maximum absolute atomic E-state index is 13.3. The van der Waals surface area contributed by atoms with E-state index in [2.05, 4.69) is 18.1 Å². The summed E-state index contributed by atoms with van der Waals surface area (Å²) in [5, 5.41) is 4.53. The number of hydrogen-bond acceptors (Lipinski definition) is 3. The highest BCUT2D eigenvalue weighted by Crippen LogP contribution is 2.44. The fourth-order valence-electron chi connectivity index (χ4n) is 4.11. The van der Waals surface area contributed by atoms with Crippen LogP contribution in [0, 0.1) is 11.2 Å². The zero-order chi connectivity index (χ0) is 20.1. The second-order valence-corrected chi connectivity index (χ2v) is 9.00. The smallest absolute Gasteiger partial charge is 0.410 e. The number of carbonyl (C=O) groups is 1. The molecule has 1 aliphatic heterocycles. The second-order valence-electron chi connectivity index (χ2n) is 9.00. The van der Waals surface area contributed by atoms with E-state index in [0.29, 0.717) is 13.1 Å². The Balaban J connectivity index is 1.60. The number of rotatable bonds is 1. The first kappa shape index (κ1) is 18.7. The summed E-state index contributed by atoms with van der Waals surface area (Å²) < 4.78 is 20.7.